The van der Waals surface area contributed by atoms with E-state index in [1.54, 1.807) is 0 Å². The lowest BCUT2D eigenvalue weighted by Crippen LogP contribution is -2.48. The zero-order valence-electron chi connectivity index (χ0n) is 15.1. The molecule has 1 aliphatic rings. The second-order valence-electron chi connectivity index (χ2n) is 6.53. The van der Waals surface area contributed by atoms with Crippen molar-refractivity contribution in [1.82, 2.24) is 0 Å². The molecule has 27 heavy (non-hydrogen) atoms. The lowest BCUT2D eigenvalue weighted by Gasteiger charge is -2.20. The van der Waals surface area contributed by atoms with E-state index < -0.39 is 11.0 Å². The van der Waals surface area contributed by atoms with E-state index in [1.807, 2.05) is 23.9 Å². The number of nitro groups is 1. The Balaban J connectivity index is 1.99. The lowest BCUT2D eigenvalue weighted by atomic mass is 9.93. The molecule has 140 valence electrons. The fourth-order valence-corrected chi connectivity index (χ4v) is 3.73. The molecule has 7 heteroatoms. The van der Waals surface area contributed by atoms with Crippen LogP contribution in [0.2, 0.25) is 0 Å². The number of hydrogen-bond acceptors (Lipinski definition) is 5. The summed E-state index contributed by atoms with van der Waals surface area (Å²) in [6, 6.07) is 6.94. The standard InChI is InChI=1S/C20H21N3O3S/c1-2-21-20(27)18(19(24)15-7-9-17(10-8-15)23(25)26)22-12-11-14-5-3-4-6-16(14)13-22/h7-13,18H,2-6H2,1H3. The number of aromatic nitrogens is 1. The third-order valence-electron chi connectivity index (χ3n) is 4.76. The van der Waals surface area contributed by atoms with Crippen molar-refractivity contribution in [3.05, 3.63) is 69.5 Å². The lowest BCUT2D eigenvalue weighted by molar-refractivity contribution is -0.692. The molecule has 0 radical (unpaired) electrons. The topological polar surface area (TPSA) is 76.4 Å². The number of benzene rings is 1. The van der Waals surface area contributed by atoms with Gasteiger partial charge in [0.2, 0.25) is 11.8 Å². The van der Waals surface area contributed by atoms with E-state index in [0.717, 1.165) is 19.3 Å². The summed E-state index contributed by atoms with van der Waals surface area (Å²) in [6.07, 6.45) is 8.26. The number of carbonyl (C=O) groups is 1. The van der Waals surface area contributed by atoms with Crippen molar-refractivity contribution in [2.45, 2.75) is 38.6 Å². The van der Waals surface area contributed by atoms with Gasteiger partial charge in [-0.05, 0) is 55.3 Å². The Bertz CT molecular complexity index is 894. The van der Waals surface area contributed by atoms with Crippen LogP contribution in [0.5, 0.6) is 0 Å². The molecule has 0 saturated heterocycles. The maximum Gasteiger partial charge on any atom is 0.269 e. The molecule has 1 unspecified atom stereocenters. The first-order valence-electron chi connectivity index (χ1n) is 9.04. The molecule has 1 heterocycles. The Morgan fingerprint density at radius 1 is 1.22 bits per heavy atom. The first-order chi connectivity index (χ1) is 13.0. The van der Waals surface area contributed by atoms with Crippen molar-refractivity contribution < 1.29 is 14.3 Å². The maximum atomic E-state index is 13.2. The summed E-state index contributed by atoms with van der Waals surface area (Å²) in [7, 11) is 0. The molecular weight excluding hydrogens is 362 g/mol. The van der Waals surface area contributed by atoms with Crippen LogP contribution in [0.3, 0.4) is 0 Å². The molecule has 0 bridgehead atoms. The molecule has 2 aromatic rings. The van der Waals surface area contributed by atoms with Gasteiger partial charge in [-0.2, -0.15) is 4.57 Å². The highest BCUT2D eigenvalue weighted by Crippen LogP contribution is 2.21. The summed E-state index contributed by atoms with van der Waals surface area (Å²) in [5.74, 6) is -0.215. The van der Waals surface area contributed by atoms with Crippen LogP contribution in [-0.2, 0) is 25.5 Å². The molecule has 1 aliphatic carbocycles. The maximum absolute atomic E-state index is 13.2. The first-order valence-corrected chi connectivity index (χ1v) is 9.44. The predicted molar refractivity (Wildman–Crippen MR) is 105 cm³/mol. The summed E-state index contributed by atoms with van der Waals surface area (Å²) >= 11 is 5.44. The summed E-state index contributed by atoms with van der Waals surface area (Å²) in [5.41, 5.74) is 2.89. The van der Waals surface area contributed by atoms with E-state index >= 15 is 0 Å². The second kappa shape index (κ2) is 8.35. The molecule has 1 aromatic heterocycles. The second-order valence-corrected chi connectivity index (χ2v) is 6.95. The van der Waals surface area contributed by atoms with Gasteiger partial charge in [0.1, 0.15) is 0 Å². The van der Waals surface area contributed by atoms with Crippen LogP contribution in [0, 0.1) is 10.1 Å². The molecule has 0 saturated carbocycles. The van der Waals surface area contributed by atoms with Gasteiger partial charge in [0, 0.05) is 35.9 Å². The summed E-state index contributed by atoms with van der Waals surface area (Å²) in [4.78, 5) is 27.8. The number of pyridine rings is 1. The Hall–Kier alpha value is -2.67. The molecule has 0 N–H and O–H groups in total. The normalized spacial score (nSPS) is 15.1. The number of fused-ring (bicyclic) bond motifs is 1. The Morgan fingerprint density at radius 2 is 1.89 bits per heavy atom. The number of ketones is 1. The smallest absolute Gasteiger partial charge is 0.269 e. The molecule has 6 nitrogen and oxygen atoms in total. The van der Waals surface area contributed by atoms with Crippen molar-refractivity contribution in [1.29, 1.82) is 0 Å². The SMILES string of the molecule is CCN=C([S-])C(C(=O)c1ccc([N+](=O)[O-])cc1)[n+]1ccc2c(c1)CCCC2. The first kappa shape index (κ1) is 19.1. The van der Waals surface area contributed by atoms with Crippen LogP contribution in [0.4, 0.5) is 5.69 Å². The fraction of sp³-hybridized carbons (Fsp3) is 0.350. The summed E-state index contributed by atoms with van der Waals surface area (Å²) in [6.45, 7) is 2.37. The molecule has 1 aromatic carbocycles. The van der Waals surface area contributed by atoms with E-state index in [2.05, 4.69) is 11.1 Å². The van der Waals surface area contributed by atoms with Crippen molar-refractivity contribution >= 4 is 29.1 Å². The third-order valence-corrected chi connectivity index (χ3v) is 5.12. The number of rotatable bonds is 6. The highest BCUT2D eigenvalue weighted by Gasteiger charge is 2.29. The van der Waals surface area contributed by atoms with Crippen LogP contribution >= 0.6 is 0 Å². The third kappa shape index (κ3) is 4.19. The van der Waals surface area contributed by atoms with E-state index in [0.29, 0.717) is 17.2 Å². The molecule has 0 spiro atoms. The number of non-ortho nitro benzene ring substituents is 1. The number of nitro benzene ring substituents is 1. The molecule has 0 fully saturated rings. The molecule has 1 atom stereocenters. The zero-order chi connectivity index (χ0) is 19.4. The largest absolute Gasteiger partial charge is 0.758 e. The number of hydrogen-bond donors (Lipinski definition) is 0. The van der Waals surface area contributed by atoms with E-state index in [9.17, 15) is 14.9 Å². The van der Waals surface area contributed by atoms with Gasteiger partial charge < -0.3 is 17.6 Å². The van der Waals surface area contributed by atoms with Crippen LogP contribution in [0.25, 0.3) is 0 Å². The van der Waals surface area contributed by atoms with E-state index in [4.69, 9.17) is 12.6 Å². The van der Waals surface area contributed by atoms with Gasteiger partial charge >= 0.3 is 0 Å². The van der Waals surface area contributed by atoms with Crippen molar-refractivity contribution in [3.63, 3.8) is 0 Å². The van der Waals surface area contributed by atoms with Gasteiger partial charge in [-0.1, -0.05) is 0 Å². The van der Waals surface area contributed by atoms with E-state index in [-0.39, 0.29) is 11.5 Å². The van der Waals surface area contributed by atoms with Gasteiger partial charge in [0.25, 0.3) is 5.69 Å². The minimum Gasteiger partial charge on any atom is -0.758 e. The van der Waals surface area contributed by atoms with E-state index in [1.165, 1.54) is 41.8 Å². The number of nitrogens with zero attached hydrogens (tertiary/aromatic N) is 3. The average Bonchev–Trinajstić information content (AvgIpc) is 2.68. The number of aryl methyl sites for hydroxylation is 2. The minimum atomic E-state index is -0.728. The van der Waals surface area contributed by atoms with Crippen molar-refractivity contribution in [2.24, 2.45) is 4.99 Å². The predicted octanol–water partition coefficient (Wildman–Crippen LogP) is 3.15. The van der Waals surface area contributed by atoms with Gasteiger partial charge in [-0.15, -0.1) is 0 Å². The number of carbonyl (C=O) groups excluding carboxylic acids is 1. The van der Waals surface area contributed by atoms with Gasteiger partial charge in [0.15, 0.2) is 12.4 Å². The van der Waals surface area contributed by atoms with Crippen LogP contribution in [-0.4, -0.2) is 22.3 Å². The molecular formula is C20H21N3O3S. The Morgan fingerprint density at radius 3 is 2.52 bits per heavy atom. The highest BCUT2D eigenvalue weighted by molar-refractivity contribution is 7.77. The molecule has 0 aliphatic heterocycles. The number of Topliss-reactive ketones (excluding diaryl/α,β-unsaturated/α-hetero) is 1. The Kier molecular flexibility index (Phi) is 5.91. The van der Waals surface area contributed by atoms with Crippen molar-refractivity contribution in [3.8, 4) is 0 Å². The van der Waals surface area contributed by atoms with Gasteiger partial charge in [-0.25, -0.2) is 0 Å². The van der Waals surface area contributed by atoms with Crippen LogP contribution in [0.15, 0.2) is 47.7 Å². The summed E-state index contributed by atoms with van der Waals surface area (Å²) in [5, 5.41) is 11.2. The number of aliphatic imine (C=N–C) groups is 1. The monoisotopic (exact) mass is 383 g/mol. The van der Waals surface area contributed by atoms with Gasteiger partial charge in [-0.3, -0.25) is 14.9 Å². The van der Waals surface area contributed by atoms with Crippen molar-refractivity contribution in [2.75, 3.05) is 6.54 Å². The molecule has 0 amide bonds. The van der Waals surface area contributed by atoms with Gasteiger partial charge in [0.05, 0.1) is 4.92 Å². The highest BCUT2D eigenvalue weighted by atomic mass is 32.1. The van der Waals surface area contributed by atoms with Crippen LogP contribution < -0.4 is 4.57 Å². The fourth-order valence-electron chi connectivity index (χ4n) is 3.37. The summed E-state index contributed by atoms with van der Waals surface area (Å²) < 4.78 is 1.83. The molecule has 3 rings (SSSR count). The quantitative estimate of drug-likeness (QED) is 0.146. The average molecular weight is 383 g/mol. The zero-order valence-corrected chi connectivity index (χ0v) is 15.9. The van der Waals surface area contributed by atoms with Crippen LogP contribution in [0.1, 0.15) is 47.3 Å². The minimum absolute atomic E-state index is 0.0506. The Labute approximate surface area is 163 Å².